The number of halogens is 3. The fourth-order valence-corrected chi connectivity index (χ4v) is 2.74. The summed E-state index contributed by atoms with van der Waals surface area (Å²) in [6.07, 6.45) is 3.33. The number of ether oxygens (including phenoxy) is 1. The van der Waals surface area contributed by atoms with Gasteiger partial charge in [0.2, 0.25) is 0 Å². The van der Waals surface area contributed by atoms with Crippen molar-refractivity contribution in [2.24, 2.45) is 11.7 Å². The first-order valence-electron chi connectivity index (χ1n) is 6.57. The minimum absolute atomic E-state index is 0. The van der Waals surface area contributed by atoms with Gasteiger partial charge in [-0.3, -0.25) is 0 Å². The van der Waals surface area contributed by atoms with Gasteiger partial charge in [-0.15, -0.1) is 12.4 Å². The smallest absolute Gasteiger partial charge is 0.387 e. The van der Waals surface area contributed by atoms with Crippen LogP contribution in [0.4, 0.5) is 8.78 Å². The largest absolute Gasteiger partial charge is 0.434 e. The predicted molar refractivity (Wildman–Crippen MR) is 75.2 cm³/mol. The summed E-state index contributed by atoms with van der Waals surface area (Å²) in [5.74, 6) is 0.191. The van der Waals surface area contributed by atoms with Crippen LogP contribution in [0.15, 0.2) is 24.3 Å². The van der Waals surface area contributed by atoms with Gasteiger partial charge in [-0.05, 0) is 24.8 Å². The molecule has 2 rings (SSSR count). The molecule has 3 nitrogen and oxygen atoms in total. The molecule has 1 aromatic carbocycles. The van der Waals surface area contributed by atoms with Crippen molar-refractivity contribution in [1.29, 1.82) is 0 Å². The highest BCUT2D eigenvalue weighted by Crippen LogP contribution is 2.35. The molecule has 3 N–H and O–H groups in total. The fourth-order valence-electron chi connectivity index (χ4n) is 2.74. The van der Waals surface area contributed by atoms with Gasteiger partial charge >= 0.3 is 6.61 Å². The van der Waals surface area contributed by atoms with Crippen LogP contribution in [0, 0.1) is 5.92 Å². The number of aliphatic hydroxyl groups excluding tert-OH is 1. The zero-order valence-electron chi connectivity index (χ0n) is 11.0. The van der Waals surface area contributed by atoms with Gasteiger partial charge in [0.25, 0.3) is 0 Å². The van der Waals surface area contributed by atoms with Crippen molar-refractivity contribution in [3.8, 4) is 5.75 Å². The third-order valence-electron chi connectivity index (χ3n) is 3.74. The van der Waals surface area contributed by atoms with Gasteiger partial charge in [0, 0.05) is 5.56 Å². The van der Waals surface area contributed by atoms with E-state index in [0.717, 1.165) is 25.7 Å². The third-order valence-corrected chi connectivity index (χ3v) is 3.74. The van der Waals surface area contributed by atoms with Crippen LogP contribution in [0.5, 0.6) is 5.75 Å². The van der Waals surface area contributed by atoms with Gasteiger partial charge < -0.3 is 15.6 Å². The van der Waals surface area contributed by atoms with Crippen LogP contribution in [-0.4, -0.2) is 17.8 Å². The van der Waals surface area contributed by atoms with Crippen molar-refractivity contribution in [3.63, 3.8) is 0 Å². The number of rotatable bonds is 5. The standard InChI is InChI=1S/C14H19F2NO2.ClH/c15-14(16)19-11-8-4-3-7-10(11)12(17)13(18)9-5-1-2-6-9;/h3-4,7-9,12-14,18H,1-2,5-6,17H2;1H/t12-,13+;/m0./s1. The summed E-state index contributed by atoms with van der Waals surface area (Å²) in [7, 11) is 0. The lowest BCUT2D eigenvalue weighted by molar-refractivity contribution is -0.0512. The van der Waals surface area contributed by atoms with E-state index in [2.05, 4.69) is 4.74 Å². The van der Waals surface area contributed by atoms with E-state index in [4.69, 9.17) is 5.73 Å². The van der Waals surface area contributed by atoms with E-state index in [1.165, 1.54) is 6.07 Å². The molecule has 20 heavy (non-hydrogen) atoms. The quantitative estimate of drug-likeness (QED) is 0.878. The Kier molecular flexibility index (Phi) is 6.65. The first-order valence-corrected chi connectivity index (χ1v) is 6.57. The van der Waals surface area contributed by atoms with Crippen LogP contribution in [0.25, 0.3) is 0 Å². The predicted octanol–water partition coefficient (Wildman–Crippen LogP) is 3.26. The molecule has 0 amide bonds. The molecule has 114 valence electrons. The van der Waals surface area contributed by atoms with E-state index in [0.29, 0.717) is 5.56 Å². The third kappa shape index (κ3) is 4.04. The second-order valence-electron chi connectivity index (χ2n) is 4.98. The van der Waals surface area contributed by atoms with E-state index in [1.807, 2.05) is 0 Å². The van der Waals surface area contributed by atoms with E-state index < -0.39 is 18.8 Å². The zero-order chi connectivity index (χ0) is 13.8. The molecule has 0 bridgehead atoms. The number of aliphatic hydroxyl groups is 1. The highest BCUT2D eigenvalue weighted by atomic mass is 35.5. The second-order valence-corrected chi connectivity index (χ2v) is 4.98. The number of hydrogen-bond acceptors (Lipinski definition) is 3. The van der Waals surface area contributed by atoms with Gasteiger partial charge in [-0.2, -0.15) is 8.78 Å². The molecule has 0 aromatic heterocycles. The number of nitrogens with two attached hydrogens (primary N) is 1. The lowest BCUT2D eigenvalue weighted by atomic mass is 9.90. The summed E-state index contributed by atoms with van der Waals surface area (Å²) in [5.41, 5.74) is 6.45. The molecule has 0 saturated heterocycles. The van der Waals surface area contributed by atoms with Crippen LogP contribution in [0.2, 0.25) is 0 Å². The highest BCUT2D eigenvalue weighted by Gasteiger charge is 2.30. The van der Waals surface area contributed by atoms with Crippen molar-refractivity contribution < 1.29 is 18.6 Å². The van der Waals surface area contributed by atoms with Crippen molar-refractivity contribution in [3.05, 3.63) is 29.8 Å². The van der Waals surface area contributed by atoms with Gasteiger partial charge in [0.1, 0.15) is 5.75 Å². The van der Waals surface area contributed by atoms with Crippen molar-refractivity contribution in [2.75, 3.05) is 0 Å². The molecule has 0 spiro atoms. The number of para-hydroxylation sites is 1. The van der Waals surface area contributed by atoms with Gasteiger partial charge in [0.05, 0.1) is 12.1 Å². The molecule has 2 atom stereocenters. The fraction of sp³-hybridized carbons (Fsp3) is 0.571. The van der Waals surface area contributed by atoms with Crippen LogP contribution < -0.4 is 10.5 Å². The first kappa shape index (κ1) is 17.1. The lowest BCUT2D eigenvalue weighted by Crippen LogP contribution is -2.32. The Bertz CT molecular complexity index is 414. The van der Waals surface area contributed by atoms with Crippen molar-refractivity contribution >= 4 is 12.4 Å². The van der Waals surface area contributed by atoms with Gasteiger partial charge in [0.15, 0.2) is 0 Å². The zero-order valence-corrected chi connectivity index (χ0v) is 11.9. The highest BCUT2D eigenvalue weighted by molar-refractivity contribution is 5.85. The molecule has 1 saturated carbocycles. The average molecular weight is 308 g/mol. The van der Waals surface area contributed by atoms with E-state index in [1.54, 1.807) is 18.2 Å². The topological polar surface area (TPSA) is 55.5 Å². The molecular formula is C14H20ClF2NO2. The number of alkyl halides is 2. The summed E-state index contributed by atoms with van der Waals surface area (Å²) in [5, 5.41) is 10.3. The Hall–Kier alpha value is -0.910. The lowest BCUT2D eigenvalue weighted by Gasteiger charge is -2.26. The molecule has 6 heteroatoms. The SMILES string of the molecule is Cl.N[C@@H](c1ccccc1OC(F)F)[C@H](O)C1CCCC1. The minimum Gasteiger partial charge on any atom is -0.434 e. The van der Waals surface area contributed by atoms with Crippen LogP contribution in [0.3, 0.4) is 0 Å². The van der Waals surface area contributed by atoms with Gasteiger partial charge in [-0.1, -0.05) is 31.0 Å². The molecule has 1 aromatic rings. The Balaban J connectivity index is 0.00000200. The average Bonchev–Trinajstić information content (AvgIpc) is 2.91. The van der Waals surface area contributed by atoms with Crippen molar-refractivity contribution in [1.82, 2.24) is 0 Å². The normalized spacial score (nSPS) is 18.6. The van der Waals surface area contributed by atoms with Crippen LogP contribution >= 0.6 is 12.4 Å². The Labute approximate surface area is 123 Å². The summed E-state index contributed by atoms with van der Waals surface area (Å²) in [6, 6.07) is 5.69. The second kappa shape index (κ2) is 7.76. The van der Waals surface area contributed by atoms with E-state index >= 15 is 0 Å². The molecule has 0 unspecified atom stereocenters. The van der Waals surface area contributed by atoms with Crippen LogP contribution in [0.1, 0.15) is 37.3 Å². The Morgan fingerprint density at radius 1 is 1.20 bits per heavy atom. The summed E-state index contributed by atoms with van der Waals surface area (Å²) < 4.78 is 29.1. The molecule has 0 radical (unpaired) electrons. The molecule has 0 heterocycles. The van der Waals surface area contributed by atoms with Crippen LogP contribution in [-0.2, 0) is 0 Å². The Morgan fingerprint density at radius 3 is 2.40 bits per heavy atom. The molecule has 1 aliphatic carbocycles. The van der Waals surface area contributed by atoms with Gasteiger partial charge in [-0.25, -0.2) is 0 Å². The monoisotopic (exact) mass is 307 g/mol. The molecular weight excluding hydrogens is 288 g/mol. The maximum absolute atomic E-state index is 12.3. The minimum atomic E-state index is -2.89. The van der Waals surface area contributed by atoms with E-state index in [9.17, 15) is 13.9 Å². The number of benzene rings is 1. The molecule has 1 fully saturated rings. The summed E-state index contributed by atoms with van der Waals surface area (Å²) >= 11 is 0. The van der Waals surface area contributed by atoms with E-state index in [-0.39, 0.29) is 24.1 Å². The Morgan fingerprint density at radius 2 is 1.80 bits per heavy atom. The molecule has 0 aliphatic heterocycles. The van der Waals surface area contributed by atoms with Crippen molar-refractivity contribution in [2.45, 2.75) is 44.4 Å². The maximum Gasteiger partial charge on any atom is 0.387 e. The molecule has 1 aliphatic rings. The maximum atomic E-state index is 12.3. The number of hydrogen-bond donors (Lipinski definition) is 2. The summed E-state index contributed by atoms with van der Waals surface area (Å²) in [4.78, 5) is 0. The first-order chi connectivity index (χ1) is 9.09. The summed E-state index contributed by atoms with van der Waals surface area (Å²) in [6.45, 7) is -2.89.